The number of likely N-dealkylation sites (tertiary alicyclic amines) is 1. The van der Waals surface area contributed by atoms with Gasteiger partial charge in [0.25, 0.3) is 0 Å². The van der Waals surface area contributed by atoms with Crippen molar-refractivity contribution < 1.29 is 9.47 Å². The van der Waals surface area contributed by atoms with Crippen LogP contribution in [0.4, 0.5) is 0 Å². The Kier molecular flexibility index (Phi) is 7.39. The maximum absolute atomic E-state index is 5.91. The third kappa shape index (κ3) is 4.81. The summed E-state index contributed by atoms with van der Waals surface area (Å²) in [6, 6.07) is 4.31. The molecule has 1 fully saturated rings. The number of pyridine rings is 1. The average Bonchev–Trinajstić information content (AvgIpc) is 2.47. The van der Waals surface area contributed by atoms with Gasteiger partial charge in [0, 0.05) is 50.6 Å². The number of methoxy groups -OCH3 is 2. The number of hydrogen-bond acceptors (Lipinski definition) is 5. The number of ether oxygens (including phenoxy) is 2. The molecule has 1 aromatic heterocycles. The number of aryl methyl sites for hydroxylation is 1. The van der Waals surface area contributed by atoms with E-state index < -0.39 is 0 Å². The number of rotatable bonds is 5. The van der Waals surface area contributed by atoms with Crippen LogP contribution in [0.1, 0.15) is 24.2 Å². The normalized spacial score (nSPS) is 22.7. The van der Waals surface area contributed by atoms with Crippen LogP contribution in [0, 0.1) is 6.92 Å². The van der Waals surface area contributed by atoms with E-state index in [9.17, 15) is 0 Å². The molecular formula is C15H26ClN3O2. The Labute approximate surface area is 133 Å². The molecule has 1 aromatic rings. The summed E-state index contributed by atoms with van der Waals surface area (Å²) >= 11 is 0. The largest absolute Gasteiger partial charge is 0.497 e. The minimum absolute atomic E-state index is 0. The van der Waals surface area contributed by atoms with Gasteiger partial charge in [-0.15, -0.1) is 12.4 Å². The average molecular weight is 316 g/mol. The van der Waals surface area contributed by atoms with Crippen molar-refractivity contribution in [1.82, 2.24) is 9.88 Å². The number of piperidine rings is 1. The van der Waals surface area contributed by atoms with Crippen LogP contribution in [0.25, 0.3) is 0 Å². The fourth-order valence-corrected chi connectivity index (χ4v) is 2.84. The molecule has 2 unspecified atom stereocenters. The highest BCUT2D eigenvalue weighted by Crippen LogP contribution is 2.22. The Morgan fingerprint density at radius 3 is 2.76 bits per heavy atom. The monoisotopic (exact) mass is 315 g/mol. The van der Waals surface area contributed by atoms with Gasteiger partial charge in [-0.1, -0.05) is 0 Å². The molecule has 5 nitrogen and oxygen atoms in total. The summed E-state index contributed by atoms with van der Waals surface area (Å²) in [5.74, 6) is 0.864. The van der Waals surface area contributed by atoms with Crippen LogP contribution in [0.2, 0.25) is 0 Å². The SMILES string of the molecule is COc1cc(C)nc(CN2CCC(OC)CC2CN)c1.Cl. The highest BCUT2D eigenvalue weighted by atomic mass is 35.5. The van der Waals surface area contributed by atoms with Crippen molar-refractivity contribution in [3.63, 3.8) is 0 Å². The van der Waals surface area contributed by atoms with Gasteiger partial charge in [0.2, 0.25) is 0 Å². The lowest BCUT2D eigenvalue weighted by Crippen LogP contribution is -2.48. The van der Waals surface area contributed by atoms with E-state index in [1.54, 1.807) is 14.2 Å². The standard InChI is InChI=1S/C15H25N3O2.ClH/c1-11-6-15(20-3)7-12(17-11)10-18-5-4-14(19-2)8-13(18)9-16;/h6-7,13-14H,4-5,8-10,16H2,1-3H3;1H. The van der Waals surface area contributed by atoms with Gasteiger partial charge in [-0.05, 0) is 19.8 Å². The molecule has 1 saturated heterocycles. The topological polar surface area (TPSA) is 60.6 Å². The minimum atomic E-state index is 0. The minimum Gasteiger partial charge on any atom is -0.497 e. The molecule has 0 radical (unpaired) electrons. The van der Waals surface area contributed by atoms with Gasteiger partial charge in [-0.2, -0.15) is 0 Å². The predicted molar refractivity (Wildman–Crippen MR) is 86.1 cm³/mol. The number of nitrogens with zero attached hydrogens (tertiary/aromatic N) is 2. The van der Waals surface area contributed by atoms with E-state index in [1.807, 2.05) is 19.1 Å². The Morgan fingerprint density at radius 1 is 1.38 bits per heavy atom. The fourth-order valence-electron chi connectivity index (χ4n) is 2.84. The summed E-state index contributed by atoms with van der Waals surface area (Å²) in [6.07, 6.45) is 2.38. The van der Waals surface area contributed by atoms with Crippen LogP contribution < -0.4 is 10.5 Å². The molecule has 0 bridgehead atoms. The number of hydrogen-bond donors (Lipinski definition) is 1. The molecule has 0 spiro atoms. The van der Waals surface area contributed by atoms with Crippen molar-refractivity contribution >= 4 is 12.4 Å². The van der Waals surface area contributed by atoms with Crippen molar-refractivity contribution in [3.8, 4) is 5.75 Å². The Balaban J connectivity index is 0.00000220. The molecule has 2 atom stereocenters. The van der Waals surface area contributed by atoms with Crippen molar-refractivity contribution in [2.24, 2.45) is 5.73 Å². The summed E-state index contributed by atoms with van der Waals surface area (Å²) < 4.78 is 10.8. The highest BCUT2D eigenvalue weighted by molar-refractivity contribution is 5.85. The van der Waals surface area contributed by atoms with Gasteiger partial charge in [0.15, 0.2) is 0 Å². The molecule has 2 heterocycles. The van der Waals surface area contributed by atoms with Crippen molar-refractivity contribution in [2.45, 2.75) is 38.5 Å². The maximum atomic E-state index is 5.91. The van der Waals surface area contributed by atoms with Crippen molar-refractivity contribution in [2.75, 3.05) is 27.3 Å². The number of nitrogens with two attached hydrogens (primary N) is 1. The first-order chi connectivity index (χ1) is 9.66. The van der Waals surface area contributed by atoms with E-state index in [4.69, 9.17) is 15.2 Å². The maximum Gasteiger partial charge on any atom is 0.122 e. The van der Waals surface area contributed by atoms with E-state index in [1.165, 1.54) is 0 Å². The molecular weight excluding hydrogens is 290 g/mol. The number of halogens is 1. The molecule has 0 aromatic carbocycles. The lowest BCUT2D eigenvalue weighted by atomic mass is 9.99. The third-order valence-corrected chi connectivity index (χ3v) is 3.98. The highest BCUT2D eigenvalue weighted by Gasteiger charge is 2.27. The molecule has 0 amide bonds. The Hall–Kier alpha value is -0.880. The van der Waals surface area contributed by atoms with E-state index in [2.05, 4.69) is 9.88 Å². The molecule has 0 saturated carbocycles. The summed E-state index contributed by atoms with van der Waals surface area (Å²) in [5, 5.41) is 0. The third-order valence-electron chi connectivity index (χ3n) is 3.98. The smallest absolute Gasteiger partial charge is 0.122 e. The van der Waals surface area contributed by atoms with Gasteiger partial charge in [0.1, 0.15) is 5.75 Å². The van der Waals surface area contributed by atoms with Gasteiger partial charge in [-0.3, -0.25) is 9.88 Å². The molecule has 0 aliphatic carbocycles. The second-order valence-corrected chi connectivity index (χ2v) is 5.38. The van der Waals surface area contributed by atoms with E-state index in [-0.39, 0.29) is 12.4 Å². The summed E-state index contributed by atoms with van der Waals surface area (Å²) in [5.41, 5.74) is 7.93. The second kappa shape index (κ2) is 8.54. The van der Waals surface area contributed by atoms with E-state index >= 15 is 0 Å². The van der Waals surface area contributed by atoms with Crippen LogP contribution in [0.3, 0.4) is 0 Å². The summed E-state index contributed by atoms with van der Waals surface area (Å²) in [6.45, 7) is 4.46. The number of aromatic nitrogens is 1. The quantitative estimate of drug-likeness (QED) is 0.897. The molecule has 120 valence electrons. The zero-order valence-corrected chi connectivity index (χ0v) is 13.9. The lowest BCUT2D eigenvalue weighted by molar-refractivity contribution is 0.00974. The van der Waals surface area contributed by atoms with Crippen LogP contribution in [-0.4, -0.2) is 49.3 Å². The zero-order valence-electron chi connectivity index (χ0n) is 13.0. The Bertz CT molecular complexity index is 445. The molecule has 6 heteroatoms. The van der Waals surface area contributed by atoms with Crippen molar-refractivity contribution in [1.29, 1.82) is 0 Å². The van der Waals surface area contributed by atoms with Gasteiger partial charge < -0.3 is 15.2 Å². The fraction of sp³-hybridized carbons (Fsp3) is 0.667. The molecule has 21 heavy (non-hydrogen) atoms. The molecule has 2 N–H and O–H groups in total. The molecule has 1 aliphatic rings. The van der Waals surface area contributed by atoms with Crippen LogP contribution >= 0.6 is 12.4 Å². The summed E-state index contributed by atoms with van der Waals surface area (Å²) in [7, 11) is 3.46. The van der Waals surface area contributed by atoms with Crippen LogP contribution in [0.15, 0.2) is 12.1 Å². The van der Waals surface area contributed by atoms with E-state index in [0.717, 1.165) is 43.1 Å². The van der Waals surface area contributed by atoms with E-state index in [0.29, 0.717) is 18.7 Å². The first-order valence-corrected chi connectivity index (χ1v) is 7.14. The van der Waals surface area contributed by atoms with Crippen LogP contribution in [-0.2, 0) is 11.3 Å². The molecule has 2 rings (SSSR count). The first kappa shape index (κ1) is 18.2. The Morgan fingerprint density at radius 2 is 2.14 bits per heavy atom. The zero-order chi connectivity index (χ0) is 14.5. The van der Waals surface area contributed by atoms with Gasteiger partial charge in [-0.25, -0.2) is 0 Å². The van der Waals surface area contributed by atoms with Gasteiger partial charge in [0.05, 0.1) is 18.9 Å². The summed E-state index contributed by atoms with van der Waals surface area (Å²) in [4.78, 5) is 6.99. The second-order valence-electron chi connectivity index (χ2n) is 5.38. The predicted octanol–water partition coefficient (Wildman–Crippen LogP) is 1.76. The molecule has 1 aliphatic heterocycles. The lowest BCUT2D eigenvalue weighted by Gasteiger charge is -2.38. The van der Waals surface area contributed by atoms with Gasteiger partial charge >= 0.3 is 0 Å². The first-order valence-electron chi connectivity index (χ1n) is 7.14. The van der Waals surface area contributed by atoms with Crippen LogP contribution in [0.5, 0.6) is 5.75 Å². The van der Waals surface area contributed by atoms with Crippen molar-refractivity contribution in [3.05, 3.63) is 23.5 Å².